The SMILES string of the molecule is CN1C(=O)N/C(=C\c2ccc(C#N)cc2)C1=O. The molecule has 0 atom stereocenters. The van der Waals surface area contributed by atoms with Gasteiger partial charge in [0.25, 0.3) is 5.91 Å². The third-order valence-corrected chi connectivity index (χ3v) is 2.43. The maximum atomic E-state index is 11.6. The molecule has 3 amide bonds. The van der Waals surface area contributed by atoms with Crippen LogP contribution in [0.1, 0.15) is 11.1 Å². The minimum atomic E-state index is -0.435. The average Bonchev–Trinajstić information content (AvgIpc) is 2.58. The second-order valence-electron chi connectivity index (χ2n) is 3.59. The number of likely N-dealkylation sites (N-methyl/N-ethyl adjacent to an activating group) is 1. The van der Waals surface area contributed by atoms with Gasteiger partial charge in [-0.15, -0.1) is 0 Å². The maximum absolute atomic E-state index is 11.6. The fourth-order valence-electron chi connectivity index (χ4n) is 1.44. The summed E-state index contributed by atoms with van der Waals surface area (Å²) >= 11 is 0. The van der Waals surface area contributed by atoms with Crippen LogP contribution in [-0.4, -0.2) is 23.9 Å². The van der Waals surface area contributed by atoms with E-state index in [-0.39, 0.29) is 11.6 Å². The fourth-order valence-corrected chi connectivity index (χ4v) is 1.44. The molecule has 0 saturated carbocycles. The summed E-state index contributed by atoms with van der Waals surface area (Å²) in [5.41, 5.74) is 1.54. The highest BCUT2D eigenvalue weighted by Crippen LogP contribution is 2.12. The lowest BCUT2D eigenvalue weighted by atomic mass is 10.1. The van der Waals surface area contributed by atoms with Crippen LogP contribution in [0, 0.1) is 11.3 Å². The summed E-state index contributed by atoms with van der Waals surface area (Å²) in [6.07, 6.45) is 1.57. The predicted molar refractivity (Wildman–Crippen MR) is 60.4 cm³/mol. The van der Waals surface area contributed by atoms with Crippen molar-refractivity contribution in [2.75, 3.05) is 7.05 Å². The fraction of sp³-hybridized carbons (Fsp3) is 0.0833. The largest absolute Gasteiger partial charge is 0.328 e. The molecule has 1 aromatic rings. The van der Waals surface area contributed by atoms with Crippen LogP contribution < -0.4 is 5.32 Å². The van der Waals surface area contributed by atoms with E-state index >= 15 is 0 Å². The van der Waals surface area contributed by atoms with Crippen molar-refractivity contribution in [3.8, 4) is 6.07 Å². The highest BCUT2D eigenvalue weighted by atomic mass is 16.2. The lowest BCUT2D eigenvalue weighted by molar-refractivity contribution is -0.121. The minimum absolute atomic E-state index is 0.238. The van der Waals surface area contributed by atoms with Crippen molar-refractivity contribution in [3.63, 3.8) is 0 Å². The van der Waals surface area contributed by atoms with Crippen LogP contribution in [-0.2, 0) is 4.79 Å². The molecule has 0 bridgehead atoms. The monoisotopic (exact) mass is 227 g/mol. The molecule has 0 aliphatic carbocycles. The molecule has 2 rings (SSSR count). The van der Waals surface area contributed by atoms with Gasteiger partial charge < -0.3 is 5.32 Å². The number of nitriles is 1. The van der Waals surface area contributed by atoms with Crippen molar-refractivity contribution in [3.05, 3.63) is 41.1 Å². The standard InChI is InChI=1S/C12H9N3O2/c1-15-11(16)10(14-12(15)17)6-8-2-4-9(7-13)5-3-8/h2-6H,1H3,(H,14,17)/b10-6-. The Morgan fingerprint density at radius 2 is 1.94 bits per heavy atom. The van der Waals surface area contributed by atoms with E-state index in [2.05, 4.69) is 5.32 Å². The van der Waals surface area contributed by atoms with Crippen LogP contribution in [0.5, 0.6) is 0 Å². The van der Waals surface area contributed by atoms with E-state index < -0.39 is 6.03 Å². The molecule has 1 fully saturated rings. The molecule has 0 unspecified atom stereocenters. The van der Waals surface area contributed by atoms with Crippen LogP contribution in [0.4, 0.5) is 4.79 Å². The predicted octanol–water partition coefficient (Wildman–Crippen LogP) is 1.08. The lowest BCUT2D eigenvalue weighted by Crippen LogP contribution is -2.25. The number of imide groups is 1. The molecular weight excluding hydrogens is 218 g/mol. The number of hydrogen-bond acceptors (Lipinski definition) is 3. The van der Waals surface area contributed by atoms with Gasteiger partial charge in [-0.3, -0.25) is 9.69 Å². The Labute approximate surface area is 98.0 Å². The van der Waals surface area contributed by atoms with Crippen LogP contribution in [0.3, 0.4) is 0 Å². The van der Waals surface area contributed by atoms with Crippen molar-refractivity contribution < 1.29 is 9.59 Å². The quantitative estimate of drug-likeness (QED) is 0.576. The van der Waals surface area contributed by atoms with Crippen LogP contribution in [0.15, 0.2) is 30.0 Å². The van der Waals surface area contributed by atoms with Gasteiger partial charge in [0.1, 0.15) is 5.70 Å². The molecule has 1 aliphatic heterocycles. The molecule has 0 aromatic heterocycles. The third kappa shape index (κ3) is 2.01. The molecule has 5 heteroatoms. The summed E-state index contributed by atoms with van der Waals surface area (Å²) in [5, 5.41) is 11.1. The van der Waals surface area contributed by atoms with Gasteiger partial charge >= 0.3 is 6.03 Å². The van der Waals surface area contributed by atoms with Crippen LogP contribution in [0.2, 0.25) is 0 Å². The van der Waals surface area contributed by atoms with Crippen LogP contribution >= 0.6 is 0 Å². The Bertz CT molecular complexity index is 552. The molecule has 1 saturated heterocycles. The number of hydrogen-bond donors (Lipinski definition) is 1. The summed E-state index contributed by atoms with van der Waals surface area (Å²) in [6.45, 7) is 0. The highest BCUT2D eigenvalue weighted by molar-refractivity contribution is 6.13. The van der Waals surface area contributed by atoms with Crippen molar-refractivity contribution in [1.29, 1.82) is 5.26 Å². The molecule has 84 valence electrons. The van der Waals surface area contributed by atoms with Gasteiger partial charge in [0, 0.05) is 7.05 Å². The summed E-state index contributed by atoms with van der Waals surface area (Å²) in [7, 11) is 1.41. The number of benzene rings is 1. The smallest absolute Gasteiger partial charge is 0.303 e. The molecule has 1 heterocycles. The summed E-state index contributed by atoms with van der Waals surface area (Å²) < 4.78 is 0. The molecule has 5 nitrogen and oxygen atoms in total. The zero-order valence-corrected chi connectivity index (χ0v) is 9.10. The van der Waals surface area contributed by atoms with Gasteiger partial charge in [0.2, 0.25) is 0 Å². The van der Waals surface area contributed by atoms with Gasteiger partial charge in [0.15, 0.2) is 0 Å². The first-order chi connectivity index (χ1) is 8.11. The van der Waals surface area contributed by atoms with E-state index in [9.17, 15) is 9.59 Å². The number of rotatable bonds is 1. The maximum Gasteiger partial charge on any atom is 0.328 e. The lowest BCUT2D eigenvalue weighted by Gasteiger charge is -1.99. The zero-order chi connectivity index (χ0) is 12.4. The van der Waals surface area contributed by atoms with Crippen molar-refractivity contribution in [2.45, 2.75) is 0 Å². The number of carbonyl (C=O) groups excluding carboxylic acids is 2. The number of amides is 3. The van der Waals surface area contributed by atoms with Gasteiger partial charge in [0.05, 0.1) is 11.6 Å². The van der Waals surface area contributed by atoms with Gasteiger partial charge in [-0.2, -0.15) is 5.26 Å². The number of carbonyl (C=O) groups is 2. The third-order valence-electron chi connectivity index (χ3n) is 2.43. The number of nitrogens with zero attached hydrogens (tertiary/aromatic N) is 2. The number of nitrogens with one attached hydrogen (secondary N) is 1. The Balaban J connectivity index is 2.28. The average molecular weight is 227 g/mol. The second-order valence-corrected chi connectivity index (χ2v) is 3.59. The van der Waals surface area contributed by atoms with E-state index in [0.717, 1.165) is 10.5 Å². The van der Waals surface area contributed by atoms with Crippen molar-refractivity contribution >= 4 is 18.0 Å². The first kappa shape index (κ1) is 10.9. The molecule has 17 heavy (non-hydrogen) atoms. The van der Waals surface area contributed by atoms with E-state index in [1.54, 1.807) is 30.3 Å². The van der Waals surface area contributed by atoms with Gasteiger partial charge in [-0.1, -0.05) is 12.1 Å². The van der Waals surface area contributed by atoms with E-state index in [1.165, 1.54) is 7.05 Å². The zero-order valence-electron chi connectivity index (χ0n) is 9.10. The second kappa shape index (κ2) is 4.10. The first-order valence-corrected chi connectivity index (χ1v) is 4.92. The molecule has 0 radical (unpaired) electrons. The molecule has 0 spiro atoms. The first-order valence-electron chi connectivity index (χ1n) is 4.92. The Morgan fingerprint density at radius 3 is 2.41 bits per heavy atom. The molecule has 1 aliphatic rings. The van der Waals surface area contributed by atoms with Crippen LogP contribution in [0.25, 0.3) is 6.08 Å². The highest BCUT2D eigenvalue weighted by Gasteiger charge is 2.29. The number of urea groups is 1. The Kier molecular flexibility index (Phi) is 2.63. The van der Waals surface area contributed by atoms with Gasteiger partial charge in [-0.05, 0) is 23.8 Å². The van der Waals surface area contributed by atoms with E-state index in [0.29, 0.717) is 5.56 Å². The summed E-state index contributed by atoms with van der Waals surface area (Å²) in [5.74, 6) is -0.362. The Morgan fingerprint density at radius 1 is 1.29 bits per heavy atom. The molecule has 1 N–H and O–H groups in total. The van der Waals surface area contributed by atoms with Gasteiger partial charge in [-0.25, -0.2) is 4.79 Å². The summed E-state index contributed by atoms with van der Waals surface area (Å²) in [6, 6.07) is 8.29. The van der Waals surface area contributed by atoms with Crippen molar-refractivity contribution in [1.82, 2.24) is 10.2 Å². The van der Waals surface area contributed by atoms with E-state index in [4.69, 9.17) is 5.26 Å². The van der Waals surface area contributed by atoms with E-state index in [1.807, 2.05) is 6.07 Å². The van der Waals surface area contributed by atoms with Crippen molar-refractivity contribution in [2.24, 2.45) is 0 Å². The molecular formula is C12H9N3O2. The Hall–Kier alpha value is -2.61. The summed E-state index contributed by atoms with van der Waals surface area (Å²) in [4.78, 5) is 23.8. The minimum Gasteiger partial charge on any atom is -0.303 e. The normalized spacial score (nSPS) is 17.2. The topological polar surface area (TPSA) is 73.2 Å². The molecule has 1 aromatic carbocycles.